The summed E-state index contributed by atoms with van der Waals surface area (Å²) in [5.41, 5.74) is 10.0. The number of nitrogen functional groups attached to an aromatic ring is 1. The number of benzene rings is 3. The van der Waals surface area contributed by atoms with Gasteiger partial charge in [-0.1, -0.05) is 66.4 Å². The largest absolute Gasteiger partial charge is 0.397 e. The van der Waals surface area contributed by atoms with Crippen LogP contribution < -0.4 is 16.4 Å². The summed E-state index contributed by atoms with van der Waals surface area (Å²) in [6.45, 7) is 1.46. The summed E-state index contributed by atoms with van der Waals surface area (Å²) in [4.78, 5) is 17.0. The maximum absolute atomic E-state index is 12.4. The highest BCUT2D eigenvalue weighted by Gasteiger charge is 2.20. The van der Waals surface area contributed by atoms with Crippen molar-refractivity contribution in [3.05, 3.63) is 95.6 Å². The van der Waals surface area contributed by atoms with E-state index in [2.05, 4.69) is 39.9 Å². The molecule has 4 N–H and O–H groups in total. The van der Waals surface area contributed by atoms with E-state index in [0.29, 0.717) is 28.7 Å². The van der Waals surface area contributed by atoms with Crippen molar-refractivity contribution < 1.29 is 4.79 Å². The molecule has 5 nitrogen and oxygen atoms in total. The zero-order chi connectivity index (χ0) is 20.1. The van der Waals surface area contributed by atoms with E-state index in [0.717, 1.165) is 17.3 Å². The van der Waals surface area contributed by atoms with Gasteiger partial charge in [0, 0.05) is 12.1 Å². The topological polar surface area (TPSA) is 79.5 Å². The lowest BCUT2D eigenvalue weighted by Crippen LogP contribution is -2.18. The summed E-state index contributed by atoms with van der Waals surface area (Å²) in [5, 5.41) is 7.56. The van der Waals surface area contributed by atoms with Crippen molar-refractivity contribution >= 4 is 34.2 Å². The molecular weight excluding hydrogens is 380 g/mol. The van der Waals surface area contributed by atoms with Gasteiger partial charge in [-0.15, -0.1) is 0 Å². The van der Waals surface area contributed by atoms with Crippen molar-refractivity contribution in [3.63, 3.8) is 0 Å². The van der Waals surface area contributed by atoms with E-state index in [1.54, 1.807) is 23.9 Å². The van der Waals surface area contributed by atoms with Crippen LogP contribution in [0.1, 0.15) is 26.7 Å². The number of amides is 1. The molecule has 1 aliphatic heterocycles. The molecule has 0 radical (unpaired) electrons. The third-order valence-electron chi connectivity index (χ3n) is 4.69. The molecule has 1 amide bonds. The van der Waals surface area contributed by atoms with Gasteiger partial charge in [0.25, 0.3) is 5.91 Å². The highest BCUT2D eigenvalue weighted by atomic mass is 32.2. The third-order valence-corrected chi connectivity index (χ3v) is 5.90. The molecule has 0 saturated heterocycles. The molecule has 1 aliphatic rings. The van der Waals surface area contributed by atoms with Gasteiger partial charge in [0.15, 0.2) is 5.17 Å². The number of amidine groups is 1. The van der Waals surface area contributed by atoms with Crippen molar-refractivity contribution in [1.82, 2.24) is 5.32 Å². The highest BCUT2D eigenvalue weighted by molar-refractivity contribution is 8.14. The predicted octanol–water partition coefficient (Wildman–Crippen LogP) is 4.45. The van der Waals surface area contributed by atoms with Crippen molar-refractivity contribution in [2.24, 2.45) is 4.99 Å². The van der Waals surface area contributed by atoms with E-state index >= 15 is 0 Å². The third kappa shape index (κ3) is 4.78. The summed E-state index contributed by atoms with van der Waals surface area (Å²) in [6.07, 6.45) is 0. The Morgan fingerprint density at radius 3 is 2.48 bits per heavy atom. The summed E-state index contributed by atoms with van der Waals surface area (Å²) >= 11 is 1.76. The fourth-order valence-electron chi connectivity index (χ4n) is 3.07. The zero-order valence-electron chi connectivity index (χ0n) is 15.8. The number of nitrogens with one attached hydrogen (secondary N) is 2. The first-order valence-electron chi connectivity index (χ1n) is 9.44. The summed E-state index contributed by atoms with van der Waals surface area (Å²) in [5.74, 6) is -0.177. The molecule has 0 bridgehead atoms. The number of carbonyl (C=O) groups excluding carboxylic acids is 1. The average molecular weight is 403 g/mol. The molecule has 0 aromatic heterocycles. The second kappa shape index (κ2) is 8.84. The highest BCUT2D eigenvalue weighted by Crippen LogP contribution is 2.34. The number of carbonyl (C=O) groups is 1. The molecule has 29 heavy (non-hydrogen) atoms. The Kier molecular flexibility index (Phi) is 5.81. The van der Waals surface area contributed by atoms with E-state index in [1.807, 2.05) is 42.5 Å². The van der Waals surface area contributed by atoms with Gasteiger partial charge >= 0.3 is 0 Å². The lowest BCUT2D eigenvalue weighted by atomic mass is 10.1. The molecule has 3 aromatic carbocycles. The number of aliphatic imine (C=N–C) groups is 1. The van der Waals surface area contributed by atoms with Crippen molar-refractivity contribution in [2.45, 2.75) is 11.8 Å². The molecule has 0 spiro atoms. The number of nitrogens with two attached hydrogens (primary N) is 1. The van der Waals surface area contributed by atoms with Crippen molar-refractivity contribution in [1.29, 1.82) is 0 Å². The fourth-order valence-corrected chi connectivity index (χ4v) is 4.09. The van der Waals surface area contributed by atoms with Gasteiger partial charge in [0.05, 0.1) is 23.2 Å². The maximum atomic E-state index is 12.4. The number of rotatable bonds is 5. The van der Waals surface area contributed by atoms with Gasteiger partial charge in [-0.3, -0.25) is 9.79 Å². The average Bonchev–Trinajstić information content (AvgIpc) is 3.24. The summed E-state index contributed by atoms with van der Waals surface area (Å²) in [6, 6.07) is 25.2. The van der Waals surface area contributed by atoms with Crippen LogP contribution in [0.4, 0.5) is 11.4 Å². The Balaban J connectivity index is 1.30. The van der Waals surface area contributed by atoms with E-state index in [-0.39, 0.29) is 5.91 Å². The standard InChI is InChI=1S/C23H22N4OS/c24-19-8-4-5-9-20(19)27-22(28)18-12-10-16(11-13-18)14-25-23-26-15-21(29-23)17-6-2-1-3-7-17/h1-13,21H,14-15,24H2,(H,25,26)(H,27,28)/t21-/m1/s1. The van der Waals surface area contributed by atoms with Crippen molar-refractivity contribution in [2.75, 3.05) is 17.6 Å². The van der Waals surface area contributed by atoms with E-state index in [9.17, 15) is 4.79 Å². The number of nitrogens with zero attached hydrogens (tertiary/aromatic N) is 1. The lowest BCUT2D eigenvalue weighted by Gasteiger charge is -2.10. The van der Waals surface area contributed by atoms with Crippen LogP contribution in [-0.2, 0) is 6.54 Å². The molecule has 0 saturated carbocycles. The van der Waals surface area contributed by atoms with E-state index < -0.39 is 0 Å². The molecular formula is C23H22N4OS. The predicted molar refractivity (Wildman–Crippen MR) is 121 cm³/mol. The molecule has 146 valence electrons. The number of thioether (sulfide) groups is 1. The van der Waals surface area contributed by atoms with Crippen LogP contribution in [0.15, 0.2) is 83.9 Å². The smallest absolute Gasteiger partial charge is 0.255 e. The Morgan fingerprint density at radius 2 is 1.72 bits per heavy atom. The Morgan fingerprint density at radius 1 is 1.00 bits per heavy atom. The number of hydrogen-bond donors (Lipinski definition) is 3. The molecule has 0 unspecified atom stereocenters. The van der Waals surface area contributed by atoms with Crippen LogP contribution in [0.5, 0.6) is 0 Å². The van der Waals surface area contributed by atoms with E-state index in [4.69, 9.17) is 5.73 Å². The number of para-hydroxylation sites is 2. The maximum Gasteiger partial charge on any atom is 0.255 e. The second-order valence-electron chi connectivity index (χ2n) is 6.75. The van der Waals surface area contributed by atoms with Gasteiger partial charge in [0.1, 0.15) is 0 Å². The molecule has 6 heteroatoms. The SMILES string of the molecule is Nc1ccccc1NC(=O)c1ccc(CNC2=NC[C@H](c3ccccc3)S2)cc1. The number of hydrogen-bond acceptors (Lipinski definition) is 5. The minimum absolute atomic E-state index is 0.177. The van der Waals surface area contributed by atoms with Gasteiger partial charge in [-0.05, 0) is 35.4 Å². The normalized spacial score (nSPS) is 15.6. The van der Waals surface area contributed by atoms with Crippen LogP contribution >= 0.6 is 11.8 Å². The van der Waals surface area contributed by atoms with Crippen LogP contribution in [0.3, 0.4) is 0 Å². The van der Waals surface area contributed by atoms with Gasteiger partial charge in [-0.25, -0.2) is 0 Å². The first-order valence-corrected chi connectivity index (χ1v) is 10.3. The van der Waals surface area contributed by atoms with E-state index in [1.165, 1.54) is 5.56 Å². The van der Waals surface area contributed by atoms with Crippen LogP contribution in [-0.4, -0.2) is 17.6 Å². The van der Waals surface area contributed by atoms with Crippen molar-refractivity contribution in [3.8, 4) is 0 Å². The molecule has 3 aromatic rings. The lowest BCUT2D eigenvalue weighted by molar-refractivity contribution is 0.102. The number of anilines is 2. The first kappa shape index (κ1) is 19.1. The molecule has 4 rings (SSSR count). The Labute approximate surface area is 174 Å². The quantitative estimate of drug-likeness (QED) is 0.551. The molecule has 0 fully saturated rings. The first-order chi connectivity index (χ1) is 14.2. The van der Waals surface area contributed by atoms with Gasteiger partial charge in [-0.2, -0.15) is 0 Å². The van der Waals surface area contributed by atoms with Crippen LogP contribution in [0.25, 0.3) is 0 Å². The monoisotopic (exact) mass is 402 g/mol. The minimum atomic E-state index is -0.177. The van der Waals surface area contributed by atoms with Gasteiger partial charge in [0.2, 0.25) is 0 Å². The Hall–Kier alpha value is -3.25. The van der Waals surface area contributed by atoms with Gasteiger partial charge < -0.3 is 16.4 Å². The Bertz CT molecular complexity index is 1020. The summed E-state index contributed by atoms with van der Waals surface area (Å²) in [7, 11) is 0. The zero-order valence-corrected chi connectivity index (χ0v) is 16.7. The minimum Gasteiger partial charge on any atom is -0.397 e. The van der Waals surface area contributed by atoms with Crippen LogP contribution in [0, 0.1) is 0 Å². The molecule has 1 heterocycles. The summed E-state index contributed by atoms with van der Waals surface area (Å²) < 4.78 is 0. The fraction of sp³-hybridized carbons (Fsp3) is 0.130. The van der Waals surface area contributed by atoms with Crippen LogP contribution in [0.2, 0.25) is 0 Å². The molecule has 1 atom stereocenters. The second-order valence-corrected chi connectivity index (χ2v) is 7.95. The molecule has 0 aliphatic carbocycles.